The molecule has 2 aromatic rings. The molecule has 0 aliphatic heterocycles. The van der Waals surface area contributed by atoms with Gasteiger partial charge < -0.3 is 9.47 Å². The molecule has 0 unspecified atom stereocenters. The number of para-hydroxylation sites is 1. The number of benzene rings is 2. The van der Waals surface area contributed by atoms with Crippen LogP contribution in [0, 0.1) is 11.8 Å². The van der Waals surface area contributed by atoms with Crippen LogP contribution >= 0.6 is 0 Å². The molecule has 0 saturated carbocycles. The molecule has 0 radical (unpaired) electrons. The molecule has 23 heavy (non-hydrogen) atoms. The van der Waals surface area contributed by atoms with Gasteiger partial charge in [-0.3, -0.25) is 4.79 Å². The van der Waals surface area contributed by atoms with Crippen molar-refractivity contribution < 1.29 is 14.3 Å². The fourth-order valence-corrected chi connectivity index (χ4v) is 2.13. The second-order valence-electron chi connectivity index (χ2n) is 5.38. The molecule has 2 aromatic carbocycles. The average Bonchev–Trinajstić information content (AvgIpc) is 2.53. The lowest BCUT2D eigenvalue weighted by molar-refractivity contribution is 0.101. The van der Waals surface area contributed by atoms with Gasteiger partial charge in [-0.15, -0.1) is 0 Å². The van der Waals surface area contributed by atoms with E-state index in [-0.39, 0.29) is 11.9 Å². The molecule has 0 fully saturated rings. The molecule has 2 rings (SSSR count). The van der Waals surface area contributed by atoms with E-state index in [0.29, 0.717) is 11.3 Å². The van der Waals surface area contributed by atoms with Crippen molar-refractivity contribution >= 4 is 5.78 Å². The third kappa shape index (κ3) is 4.37. The van der Waals surface area contributed by atoms with Crippen LogP contribution in [0.15, 0.2) is 42.5 Å². The third-order valence-electron chi connectivity index (χ3n) is 3.17. The van der Waals surface area contributed by atoms with Crippen LogP contribution in [0.1, 0.15) is 42.3 Å². The Morgan fingerprint density at radius 2 is 1.78 bits per heavy atom. The topological polar surface area (TPSA) is 35.5 Å². The van der Waals surface area contributed by atoms with Crippen LogP contribution in [0.5, 0.6) is 11.5 Å². The van der Waals surface area contributed by atoms with Crippen molar-refractivity contribution in [3.8, 4) is 23.3 Å². The quantitative estimate of drug-likeness (QED) is 0.630. The Morgan fingerprint density at radius 3 is 2.43 bits per heavy atom. The summed E-state index contributed by atoms with van der Waals surface area (Å²) in [5.74, 6) is 7.43. The molecular weight excluding hydrogens is 288 g/mol. The van der Waals surface area contributed by atoms with Gasteiger partial charge in [-0.25, -0.2) is 0 Å². The molecule has 0 heterocycles. The van der Waals surface area contributed by atoms with Gasteiger partial charge in [0.15, 0.2) is 5.78 Å². The van der Waals surface area contributed by atoms with Crippen molar-refractivity contribution in [2.45, 2.75) is 26.9 Å². The average molecular weight is 308 g/mol. The number of Topliss-reactive ketones (excluding diaryl/α,β-unsaturated/α-hetero) is 1. The third-order valence-corrected chi connectivity index (χ3v) is 3.17. The molecule has 3 nitrogen and oxygen atoms in total. The van der Waals surface area contributed by atoms with E-state index in [0.717, 1.165) is 16.9 Å². The number of carbonyl (C=O) groups excluding carboxylic acids is 1. The molecule has 0 aliphatic carbocycles. The Kier molecular flexibility index (Phi) is 5.43. The van der Waals surface area contributed by atoms with Gasteiger partial charge in [0.25, 0.3) is 0 Å². The lowest BCUT2D eigenvalue weighted by atomic mass is 10.1. The zero-order chi connectivity index (χ0) is 16.8. The second kappa shape index (κ2) is 7.51. The zero-order valence-corrected chi connectivity index (χ0v) is 13.8. The van der Waals surface area contributed by atoms with Gasteiger partial charge in [0, 0.05) is 5.56 Å². The van der Waals surface area contributed by atoms with E-state index in [1.165, 1.54) is 6.92 Å². The fourth-order valence-electron chi connectivity index (χ4n) is 2.13. The minimum atomic E-state index is -0.0402. The molecule has 0 saturated heterocycles. The van der Waals surface area contributed by atoms with E-state index < -0.39 is 0 Å². The first kappa shape index (κ1) is 16.6. The van der Waals surface area contributed by atoms with Crippen molar-refractivity contribution in [3.63, 3.8) is 0 Å². The van der Waals surface area contributed by atoms with E-state index in [4.69, 9.17) is 9.47 Å². The highest BCUT2D eigenvalue weighted by Gasteiger charge is 2.10. The number of hydrogen-bond acceptors (Lipinski definition) is 3. The highest BCUT2D eigenvalue weighted by molar-refractivity contribution is 5.97. The van der Waals surface area contributed by atoms with Gasteiger partial charge in [0.1, 0.15) is 11.5 Å². The fraction of sp³-hybridized carbons (Fsp3) is 0.250. The van der Waals surface area contributed by atoms with Gasteiger partial charge in [-0.05, 0) is 51.1 Å². The van der Waals surface area contributed by atoms with Crippen LogP contribution in [0.25, 0.3) is 0 Å². The van der Waals surface area contributed by atoms with Crippen molar-refractivity contribution in [2.75, 3.05) is 7.11 Å². The first-order valence-corrected chi connectivity index (χ1v) is 7.48. The van der Waals surface area contributed by atoms with Crippen molar-refractivity contribution in [3.05, 3.63) is 59.2 Å². The summed E-state index contributed by atoms with van der Waals surface area (Å²) in [4.78, 5) is 11.8. The Bertz CT molecular complexity index is 764. The lowest BCUT2D eigenvalue weighted by Crippen LogP contribution is -2.09. The maximum atomic E-state index is 11.8. The predicted molar refractivity (Wildman–Crippen MR) is 91.2 cm³/mol. The molecule has 118 valence electrons. The van der Waals surface area contributed by atoms with Crippen LogP contribution in [0.3, 0.4) is 0 Å². The standard InChI is InChI=1S/C20H20O3/c1-14(2)23-20-12-10-16(13-18(20)15(3)21)9-11-17-7-5-6-8-19(17)22-4/h5-8,10,12-14H,1-4H3. The van der Waals surface area contributed by atoms with Gasteiger partial charge in [0.2, 0.25) is 0 Å². The number of ether oxygens (including phenoxy) is 2. The number of rotatable bonds is 4. The molecule has 0 spiro atoms. The minimum absolute atomic E-state index is 0.0126. The maximum absolute atomic E-state index is 11.8. The van der Waals surface area contributed by atoms with Crippen LogP contribution in [-0.4, -0.2) is 19.0 Å². The van der Waals surface area contributed by atoms with E-state index in [1.54, 1.807) is 19.2 Å². The SMILES string of the molecule is COc1ccccc1C#Cc1ccc(OC(C)C)c(C(C)=O)c1. The summed E-state index contributed by atoms with van der Waals surface area (Å²) >= 11 is 0. The summed E-state index contributed by atoms with van der Waals surface area (Å²) in [6, 6.07) is 13.0. The lowest BCUT2D eigenvalue weighted by Gasteiger charge is -2.13. The van der Waals surface area contributed by atoms with Gasteiger partial charge in [-0.1, -0.05) is 24.0 Å². The monoisotopic (exact) mass is 308 g/mol. The zero-order valence-electron chi connectivity index (χ0n) is 13.8. The Morgan fingerprint density at radius 1 is 1.04 bits per heavy atom. The summed E-state index contributed by atoms with van der Waals surface area (Å²) < 4.78 is 11.0. The molecule has 0 amide bonds. The van der Waals surface area contributed by atoms with E-state index in [1.807, 2.05) is 44.2 Å². The summed E-state index contributed by atoms with van der Waals surface area (Å²) in [5, 5.41) is 0. The summed E-state index contributed by atoms with van der Waals surface area (Å²) in [6.45, 7) is 5.39. The summed E-state index contributed by atoms with van der Waals surface area (Å²) in [5.41, 5.74) is 2.12. The highest BCUT2D eigenvalue weighted by Crippen LogP contribution is 2.22. The van der Waals surface area contributed by atoms with E-state index >= 15 is 0 Å². The van der Waals surface area contributed by atoms with Crippen LogP contribution < -0.4 is 9.47 Å². The van der Waals surface area contributed by atoms with Crippen molar-refractivity contribution in [2.24, 2.45) is 0 Å². The number of methoxy groups -OCH3 is 1. The molecule has 0 aromatic heterocycles. The van der Waals surface area contributed by atoms with Gasteiger partial charge >= 0.3 is 0 Å². The first-order chi connectivity index (χ1) is 11.0. The molecule has 0 atom stereocenters. The van der Waals surface area contributed by atoms with E-state index in [9.17, 15) is 4.79 Å². The maximum Gasteiger partial charge on any atom is 0.163 e. The summed E-state index contributed by atoms with van der Waals surface area (Å²) in [6.07, 6.45) is 0.0126. The van der Waals surface area contributed by atoms with Crippen LogP contribution in [0.2, 0.25) is 0 Å². The van der Waals surface area contributed by atoms with Crippen molar-refractivity contribution in [1.29, 1.82) is 0 Å². The number of ketones is 1. The molecule has 3 heteroatoms. The largest absolute Gasteiger partial charge is 0.495 e. The van der Waals surface area contributed by atoms with Crippen LogP contribution in [-0.2, 0) is 0 Å². The molecule has 0 N–H and O–H groups in total. The number of hydrogen-bond donors (Lipinski definition) is 0. The van der Waals surface area contributed by atoms with Gasteiger partial charge in [0.05, 0.1) is 24.3 Å². The van der Waals surface area contributed by atoms with E-state index in [2.05, 4.69) is 11.8 Å². The molecule has 0 bridgehead atoms. The number of carbonyl (C=O) groups is 1. The Balaban J connectivity index is 2.37. The van der Waals surface area contributed by atoms with Crippen molar-refractivity contribution in [1.82, 2.24) is 0 Å². The normalized spacial score (nSPS) is 9.96. The second-order valence-corrected chi connectivity index (χ2v) is 5.38. The van der Waals surface area contributed by atoms with Crippen LogP contribution in [0.4, 0.5) is 0 Å². The molecular formula is C20H20O3. The van der Waals surface area contributed by atoms with Gasteiger partial charge in [-0.2, -0.15) is 0 Å². The molecule has 0 aliphatic rings. The Hall–Kier alpha value is -2.73. The smallest absolute Gasteiger partial charge is 0.163 e. The first-order valence-electron chi connectivity index (χ1n) is 7.48. The predicted octanol–water partition coefficient (Wildman–Crippen LogP) is 4.08. The Labute approximate surface area is 137 Å². The summed E-state index contributed by atoms with van der Waals surface area (Å²) in [7, 11) is 1.62. The minimum Gasteiger partial charge on any atom is -0.495 e. The highest BCUT2D eigenvalue weighted by atomic mass is 16.5.